The van der Waals surface area contributed by atoms with E-state index in [0.717, 1.165) is 18.8 Å². The second kappa shape index (κ2) is 8.86. The highest BCUT2D eigenvalue weighted by Gasteiger charge is 2.26. The summed E-state index contributed by atoms with van der Waals surface area (Å²) in [5, 5.41) is 13.3. The average molecular weight is 440 g/mol. The van der Waals surface area contributed by atoms with Crippen LogP contribution in [0.1, 0.15) is 46.5 Å². The van der Waals surface area contributed by atoms with E-state index in [0.29, 0.717) is 29.1 Å². The number of imidazole rings is 1. The van der Waals surface area contributed by atoms with Gasteiger partial charge in [0, 0.05) is 18.4 Å². The number of halogens is 1. The second-order valence-electron chi connectivity index (χ2n) is 9.32. The lowest BCUT2D eigenvalue weighted by molar-refractivity contribution is 0.161. The molecule has 1 aliphatic rings. The first-order valence-electron chi connectivity index (χ1n) is 11.1. The highest BCUT2D eigenvalue weighted by atomic mass is 19.1. The summed E-state index contributed by atoms with van der Waals surface area (Å²) in [6.45, 7) is 5.63. The van der Waals surface area contributed by atoms with Gasteiger partial charge in [-0.3, -0.25) is 9.13 Å². The number of rotatable bonds is 6. The Bertz CT molecular complexity index is 1130. The molecule has 0 saturated heterocycles. The number of nitrogens with one attached hydrogen (secondary N) is 1. The minimum atomic E-state index is -0.815. The molecular weight excluding hydrogens is 409 g/mol. The second-order valence-corrected chi connectivity index (χ2v) is 9.32. The van der Waals surface area contributed by atoms with Gasteiger partial charge in [-0.05, 0) is 75.8 Å². The molecular formula is C24H30FN5O2. The van der Waals surface area contributed by atoms with E-state index < -0.39 is 5.54 Å². The summed E-state index contributed by atoms with van der Waals surface area (Å²) in [7, 11) is 0. The average Bonchev–Trinajstić information content (AvgIpc) is 3.14. The molecule has 0 aliphatic heterocycles. The van der Waals surface area contributed by atoms with Crippen molar-refractivity contribution in [3.8, 4) is 17.1 Å². The fourth-order valence-electron chi connectivity index (χ4n) is 4.13. The molecule has 1 saturated carbocycles. The minimum Gasteiger partial charge on any atom is -0.394 e. The molecule has 0 unspecified atom stereocenters. The van der Waals surface area contributed by atoms with Crippen molar-refractivity contribution in [2.75, 3.05) is 11.9 Å². The molecule has 0 spiro atoms. The van der Waals surface area contributed by atoms with Crippen LogP contribution >= 0.6 is 0 Å². The van der Waals surface area contributed by atoms with Gasteiger partial charge in [0.25, 0.3) is 0 Å². The van der Waals surface area contributed by atoms with E-state index in [9.17, 15) is 14.3 Å². The van der Waals surface area contributed by atoms with Gasteiger partial charge in [0.1, 0.15) is 5.82 Å². The largest absolute Gasteiger partial charge is 0.394 e. The fraction of sp³-hybridized carbons (Fsp3) is 0.458. The third-order valence-corrected chi connectivity index (χ3v) is 6.28. The first-order chi connectivity index (χ1) is 15.3. The van der Waals surface area contributed by atoms with Gasteiger partial charge in [-0.15, -0.1) is 0 Å². The lowest BCUT2D eigenvalue weighted by Gasteiger charge is -2.26. The number of aliphatic hydroxyl groups excluding tert-OH is 1. The Balaban J connectivity index is 1.76. The fourth-order valence-corrected chi connectivity index (χ4v) is 4.13. The Morgan fingerprint density at radius 2 is 1.84 bits per heavy atom. The van der Waals surface area contributed by atoms with Gasteiger partial charge in [0.2, 0.25) is 5.95 Å². The number of aliphatic hydroxyl groups is 1. The first-order valence-corrected chi connectivity index (χ1v) is 11.1. The van der Waals surface area contributed by atoms with E-state index in [-0.39, 0.29) is 18.1 Å². The maximum Gasteiger partial charge on any atom is 0.333 e. The number of aromatic nitrogens is 4. The van der Waals surface area contributed by atoms with Gasteiger partial charge in [-0.2, -0.15) is 0 Å². The highest BCUT2D eigenvalue weighted by Crippen LogP contribution is 2.27. The quantitative estimate of drug-likeness (QED) is 0.607. The van der Waals surface area contributed by atoms with Gasteiger partial charge in [-0.25, -0.2) is 19.2 Å². The normalized spacial score (nSPS) is 19.2. The van der Waals surface area contributed by atoms with Gasteiger partial charge in [0.15, 0.2) is 0 Å². The summed E-state index contributed by atoms with van der Waals surface area (Å²) in [5.41, 5.74) is 0.490. The molecule has 4 rings (SSSR count). The molecule has 1 aliphatic carbocycles. The number of benzene rings is 1. The molecule has 2 heterocycles. The molecule has 0 amide bonds. The molecule has 7 nitrogen and oxygen atoms in total. The van der Waals surface area contributed by atoms with Crippen LogP contribution < -0.4 is 11.0 Å². The zero-order valence-electron chi connectivity index (χ0n) is 18.8. The first kappa shape index (κ1) is 22.2. The molecule has 2 N–H and O–H groups in total. The number of nitrogens with zero attached hydrogens (tertiary/aromatic N) is 4. The van der Waals surface area contributed by atoms with Crippen molar-refractivity contribution >= 4 is 5.95 Å². The Morgan fingerprint density at radius 1 is 1.16 bits per heavy atom. The van der Waals surface area contributed by atoms with Gasteiger partial charge in [-0.1, -0.05) is 6.92 Å². The summed E-state index contributed by atoms with van der Waals surface area (Å²) >= 11 is 0. The van der Waals surface area contributed by atoms with E-state index in [2.05, 4.69) is 17.2 Å². The molecule has 3 aromatic rings. The molecule has 2 aromatic heterocycles. The standard InChI is InChI=1S/C24H30FN5O2/c1-16-4-8-18(9-5-16)27-22-26-13-12-20(28-22)21-14-29(24(2,3)15-31)23(32)30(21)19-10-6-17(25)7-11-19/h6-7,10-14,16,18,31H,4-5,8-9,15H2,1-3H3,(H,26,27,28)/t16-,18-. The van der Waals surface area contributed by atoms with Crippen LogP contribution in [0.3, 0.4) is 0 Å². The van der Waals surface area contributed by atoms with E-state index in [1.54, 1.807) is 44.4 Å². The zero-order chi connectivity index (χ0) is 22.9. The molecule has 0 bridgehead atoms. The molecule has 0 atom stereocenters. The molecule has 0 radical (unpaired) electrons. The van der Waals surface area contributed by atoms with Crippen molar-refractivity contribution in [2.45, 2.75) is 58.0 Å². The number of anilines is 1. The van der Waals surface area contributed by atoms with Crippen LogP contribution in [0, 0.1) is 11.7 Å². The lowest BCUT2D eigenvalue weighted by Crippen LogP contribution is -2.39. The van der Waals surface area contributed by atoms with E-state index in [4.69, 9.17) is 4.98 Å². The van der Waals surface area contributed by atoms with Crippen LogP contribution in [0.4, 0.5) is 10.3 Å². The minimum absolute atomic E-state index is 0.212. The predicted molar refractivity (Wildman–Crippen MR) is 122 cm³/mol. The third-order valence-electron chi connectivity index (χ3n) is 6.28. The van der Waals surface area contributed by atoms with Crippen molar-refractivity contribution in [2.24, 2.45) is 5.92 Å². The SMILES string of the molecule is CC(C)(CO)n1cc(-c2ccnc(N[C@H]3CC[C@H](C)CC3)n2)n(-c2ccc(F)cc2)c1=O. The summed E-state index contributed by atoms with van der Waals surface area (Å²) in [6.07, 6.45) is 7.88. The Hall–Kier alpha value is -3.00. The van der Waals surface area contributed by atoms with E-state index in [1.807, 2.05) is 0 Å². The number of hydrogen-bond donors (Lipinski definition) is 2. The lowest BCUT2D eigenvalue weighted by atomic mass is 9.87. The predicted octanol–water partition coefficient (Wildman–Crippen LogP) is 3.95. The topological polar surface area (TPSA) is 85.0 Å². The molecule has 8 heteroatoms. The highest BCUT2D eigenvalue weighted by molar-refractivity contribution is 5.59. The maximum atomic E-state index is 13.5. The van der Waals surface area contributed by atoms with Crippen molar-refractivity contribution in [3.05, 3.63) is 59.0 Å². The Labute approximate surface area is 187 Å². The van der Waals surface area contributed by atoms with Gasteiger partial charge in [0.05, 0.1) is 29.2 Å². The van der Waals surface area contributed by atoms with Crippen molar-refractivity contribution in [1.82, 2.24) is 19.1 Å². The van der Waals surface area contributed by atoms with E-state index in [1.165, 1.54) is 34.1 Å². The van der Waals surface area contributed by atoms with Crippen LogP contribution in [-0.2, 0) is 5.54 Å². The smallest absolute Gasteiger partial charge is 0.333 e. The Kier molecular flexibility index (Phi) is 6.15. The van der Waals surface area contributed by atoms with Crippen LogP contribution in [0.15, 0.2) is 47.5 Å². The summed E-state index contributed by atoms with van der Waals surface area (Å²) < 4.78 is 16.5. The summed E-state index contributed by atoms with van der Waals surface area (Å²) in [5.74, 6) is 0.892. The van der Waals surface area contributed by atoms with E-state index >= 15 is 0 Å². The zero-order valence-corrected chi connectivity index (χ0v) is 18.8. The van der Waals surface area contributed by atoms with Crippen molar-refractivity contribution in [3.63, 3.8) is 0 Å². The third kappa shape index (κ3) is 4.46. The van der Waals surface area contributed by atoms with Crippen LogP contribution in [-0.4, -0.2) is 36.9 Å². The van der Waals surface area contributed by atoms with Crippen molar-refractivity contribution < 1.29 is 9.50 Å². The summed E-state index contributed by atoms with van der Waals surface area (Å²) in [4.78, 5) is 22.4. The van der Waals surface area contributed by atoms with Crippen LogP contribution in [0.5, 0.6) is 0 Å². The van der Waals surface area contributed by atoms with Crippen LogP contribution in [0.25, 0.3) is 17.1 Å². The Morgan fingerprint density at radius 3 is 2.50 bits per heavy atom. The maximum absolute atomic E-state index is 13.5. The van der Waals surface area contributed by atoms with Crippen molar-refractivity contribution in [1.29, 1.82) is 0 Å². The van der Waals surface area contributed by atoms with Crippen LogP contribution in [0.2, 0.25) is 0 Å². The number of hydrogen-bond acceptors (Lipinski definition) is 5. The van der Waals surface area contributed by atoms with Gasteiger partial charge >= 0.3 is 5.69 Å². The monoisotopic (exact) mass is 439 g/mol. The summed E-state index contributed by atoms with van der Waals surface area (Å²) in [6, 6.07) is 7.83. The molecule has 1 fully saturated rings. The molecule has 1 aromatic carbocycles. The molecule has 32 heavy (non-hydrogen) atoms. The molecule has 170 valence electrons. The van der Waals surface area contributed by atoms with Gasteiger partial charge < -0.3 is 10.4 Å².